The van der Waals surface area contributed by atoms with Gasteiger partial charge in [0, 0.05) is 4.88 Å². The van der Waals surface area contributed by atoms with Crippen molar-refractivity contribution >= 4 is 17.3 Å². The number of carbonyl (C=O) groups is 1. The molecular weight excluding hydrogens is 412 g/mol. The maximum absolute atomic E-state index is 12.3. The maximum Gasteiger partial charge on any atom is 0.342 e. The zero-order valence-corrected chi connectivity index (χ0v) is 17.9. The highest BCUT2D eigenvalue weighted by atomic mass is 32.1. The molecule has 31 heavy (non-hydrogen) atoms. The summed E-state index contributed by atoms with van der Waals surface area (Å²) in [6, 6.07) is 19.6. The number of benzene rings is 2. The Morgan fingerprint density at radius 2 is 1.90 bits per heavy atom. The van der Waals surface area contributed by atoms with Gasteiger partial charge >= 0.3 is 5.97 Å². The largest absolute Gasteiger partial charge is 0.489 e. The lowest BCUT2D eigenvalue weighted by molar-refractivity contribution is 0.0597. The van der Waals surface area contributed by atoms with Crippen LogP contribution in [0, 0.1) is 18.3 Å². The fraction of sp³-hybridized carbons (Fsp3) is 0.167. The zero-order valence-electron chi connectivity index (χ0n) is 17.0. The number of nitrogens with two attached hydrogens (primary N) is 1. The van der Waals surface area contributed by atoms with E-state index in [1.807, 2.05) is 61.5 Å². The number of esters is 1. The molecule has 0 aliphatic carbocycles. The lowest BCUT2D eigenvalue weighted by Crippen LogP contribution is -2.21. The van der Waals surface area contributed by atoms with Crippen molar-refractivity contribution in [1.82, 2.24) is 0 Å². The molecule has 0 radical (unpaired) electrons. The molecule has 0 bridgehead atoms. The van der Waals surface area contributed by atoms with E-state index in [0.29, 0.717) is 29.2 Å². The second-order valence-corrected chi connectivity index (χ2v) is 8.24. The fourth-order valence-corrected chi connectivity index (χ4v) is 4.76. The molecule has 156 valence electrons. The number of hydrogen-bond donors (Lipinski definition) is 1. The second kappa shape index (κ2) is 8.54. The van der Waals surface area contributed by atoms with Gasteiger partial charge in [-0.1, -0.05) is 42.5 Å². The van der Waals surface area contributed by atoms with Crippen LogP contribution in [0.15, 0.2) is 66.1 Å². The van der Waals surface area contributed by atoms with E-state index in [9.17, 15) is 10.1 Å². The summed E-state index contributed by atoms with van der Waals surface area (Å²) in [7, 11) is 1.32. The fourth-order valence-electron chi connectivity index (χ4n) is 3.55. The summed E-state index contributed by atoms with van der Waals surface area (Å²) in [4.78, 5) is 13.8. The summed E-state index contributed by atoms with van der Waals surface area (Å²) in [5.74, 6) is 0.145. The average Bonchev–Trinajstić information content (AvgIpc) is 3.12. The van der Waals surface area contributed by atoms with Crippen molar-refractivity contribution in [2.24, 2.45) is 5.73 Å². The van der Waals surface area contributed by atoms with Crippen molar-refractivity contribution in [2.45, 2.75) is 19.4 Å². The van der Waals surface area contributed by atoms with Crippen LogP contribution in [-0.4, -0.2) is 13.1 Å². The van der Waals surface area contributed by atoms with Crippen molar-refractivity contribution in [1.29, 1.82) is 5.26 Å². The highest BCUT2D eigenvalue weighted by Gasteiger charge is 2.37. The molecule has 0 spiro atoms. The van der Waals surface area contributed by atoms with Gasteiger partial charge in [0.2, 0.25) is 5.88 Å². The smallest absolute Gasteiger partial charge is 0.342 e. The second-order valence-electron chi connectivity index (χ2n) is 6.99. The molecule has 0 saturated carbocycles. The first-order valence-corrected chi connectivity index (χ1v) is 10.4. The molecule has 7 heteroatoms. The van der Waals surface area contributed by atoms with Gasteiger partial charge in [0.15, 0.2) is 5.75 Å². The minimum Gasteiger partial charge on any atom is -0.489 e. The number of aryl methyl sites for hydroxylation is 1. The zero-order chi connectivity index (χ0) is 22.0. The molecule has 2 aromatic carbocycles. The molecule has 4 rings (SSSR count). The highest BCUT2D eigenvalue weighted by Crippen LogP contribution is 2.49. The SMILES string of the molecule is COC(=O)c1c(C)sc2c1OC(N)=C(C#N)C2c1ccc(OCc2ccccc2)cc1. The number of carbonyl (C=O) groups excluding carboxylic acids is 1. The third-order valence-electron chi connectivity index (χ3n) is 5.07. The Balaban J connectivity index is 1.67. The first-order chi connectivity index (χ1) is 15.0. The third kappa shape index (κ3) is 3.86. The number of methoxy groups -OCH3 is 1. The number of rotatable bonds is 5. The minimum atomic E-state index is -0.494. The Bertz CT molecular complexity index is 1190. The standard InChI is InChI=1S/C24H20N2O4S/c1-14-19(24(27)28-2)21-22(31-14)20(18(12-25)23(26)30-21)16-8-10-17(11-9-16)29-13-15-6-4-3-5-7-15/h3-11,20H,13,26H2,1-2H3. The van der Waals surface area contributed by atoms with E-state index in [2.05, 4.69) is 6.07 Å². The Labute approximate surface area is 184 Å². The van der Waals surface area contributed by atoms with E-state index in [1.165, 1.54) is 18.4 Å². The molecule has 0 saturated heterocycles. The number of thiophene rings is 1. The van der Waals surface area contributed by atoms with Gasteiger partial charge in [-0.05, 0) is 30.2 Å². The van der Waals surface area contributed by atoms with Crippen LogP contribution in [0.1, 0.15) is 37.2 Å². The molecule has 2 N–H and O–H groups in total. The molecular formula is C24H20N2O4S. The van der Waals surface area contributed by atoms with Gasteiger partial charge in [0.05, 0.1) is 17.9 Å². The maximum atomic E-state index is 12.3. The molecule has 0 amide bonds. The van der Waals surface area contributed by atoms with Gasteiger partial charge < -0.3 is 19.9 Å². The van der Waals surface area contributed by atoms with Gasteiger partial charge in [0.1, 0.15) is 29.6 Å². The van der Waals surface area contributed by atoms with Crippen LogP contribution in [0.3, 0.4) is 0 Å². The highest BCUT2D eigenvalue weighted by molar-refractivity contribution is 7.12. The van der Waals surface area contributed by atoms with Crippen LogP contribution in [0.4, 0.5) is 0 Å². The third-order valence-corrected chi connectivity index (χ3v) is 6.22. The molecule has 1 aliphatic heterocycles. The van der Waals surface area contributed by atoms with Crippen LogP contribution in [-0.2, 0) is 11.3 Å². The lowest BCUT2D eigenvalue weighted by Gasteiger charge is -2.24. The van der Waals surface area contributed by atoms with Gasteiger partial charge in [-0.3, -0.25) is 0 Å². The average molecular weight is 433 g/mol. The van der Waals surface area contributed by atoms with Crippen molar-refractivity contribution in [3.05, 3.63) is 92.5 Å². The van der Waals surface area contributed by atoms with E-state index < -0.39 is 11.9 Å². The van der Waals surface area contributed by atoms with Gasteiger partial charge in [0.25, 0.3) is 0 Å². The molecule has 1 aromatic heterocycles. The Morgan fingerprint density at radius 1 is 1.19 bits per heavy atom. The van der Waals surface area contributed by atoms with Crippen molar-refractivity contribution < 1.29 is 19.0 Å². The summed E-state index contributed by atoms with van der Waals surface area (Å²) < 4.78 is 16.5. The van der Waals surface area contributed by atoms with E-state index in [1.54, 1.807) is 0 Å². The topological polar surface area (TPSA) is 94.6 Å². The van der Waals surface area contributed by atoms with E-state index in [4.69, 9.17) is 19.9 Å². The summed E-state index contributed by atoms with van der Waals surface area (Å²) in [5.41, 5.74) is 8.64. The molecule has 1 unspecified atom stereocenters. The van der Waals surface area contributed by atoms with Crippen molar-refractivity contribution in [3.63, 3.8) is 0 Å². The molecule has 2 heterocycles. The van der Waals surface area contributed by atoms with E-state index in [-0.39, 0.29) is 5.88 Å². The Kier molecular flexibility index (Phi) is 5.65. The van der Waals surface area contributed by atoms with Crippen molar-refractivity contribution in [2.75, 3.05) is 7.11 Å². The number of fused-ring (bicyclic) bond motifs is 1. The summed E-state index contributed by atoms with van der Waals surface area (Å²) in [6.45, 7) is 2.28. The van der Waals surface area contributed by atoms with Gasteiger partial charge in [-0.25, -0.2) is 4.79 Å². The van der Waals surface area contributed by atoms with Crippen LogP contribution >= 0.6 is 11.3 Å². The van der Waals surface area contributed by atoms with E-state index >= 15 is 0 Å². The normalized spacial score (nSPS) is 14.9. The van der Waals surface area contributed by atoms with Crippen LogP contribution < -0.4 is 15.2 Å². The van der Waals surface area contributed by atoms with Gasteiger partial charge in [-0.2, -0.15) is 5.26 Å². The predicted octanol–water partition coefficient (Wildman–Crippen LogP) is 4.64. The van der Waals surface area contributed by atoms with E-state index in [0.717, 1.165) is 20.9 Å². The molecule has 0 fully saturated rings. The Hall–Kier alpha value is -3.76. The monoisotopic (exact) mass is 432 g/mol. The van der Waals surface area contributed by atoms with Crippen LogP contribution in [0.2, 0.25) is 0 Å². The van der Waals surface area contributed by atoms with Gasteiger partial charge in [-0.15, -0.1) is 11.3 Å². The Morgan fingerprint density at radius 3 is 2.55 bits per heavy atom. The van der Waals surface area contributed by atoms with Crippen LogP contribution in [0.25, 0.3) is 0 Å². The number of allylic oxidation sites excluding steroid dienone is 1. The molecule has 1 aliphatic rings. The number of hydrogen-bond acceptors (Lipinski definition) is 7. The number of nitrogens with zero attached hydrogens (tertiary/aromatic N) is 1. The molecule has 6 nitrogen and oxygen atoms in total. The lowest BCUT2D eigenvalue weighted by atomic mass is 9.88. The van der Waals surface area contributed by atoms with Crippen molar-refractivity contribution in [3.8, 4) is 17.6 Å². The molecule has 1 atom stereocenters. The van der Waals surface area contributed by atoms with Crippen LogP contribution in [0.5, 0.6) is 11.5 Å². The summed E-state index contributed by atoms with van der Waals surface area (Å²) >= 11 is 1.40. The predicted molar refractivity (Wildman–Crippen MR) is 117 cm³/mol. The minimum absolute atomic E-state index is 0.00708. The first-order valence-electron chi connectivity index (χ1n) is 9.59. The quantitative estimate of drug-likeness (QED) is 0.590. The first kappa shape index (κ1) is 20.5. The molecule has 3 aromatic rings. The number of ether oxygens (including phenoxy) is 3. The summed E-state index contributed by atoms with van der Waals surface area (Å²) in [6.07, 6.45) is 0. The number of nitriles is 1. The summed E-state index contributed by atoms with van der Waals surface area (Å²) in [5, 5.41) is 9.74.